The van der Waals surface area contributed by atoms with Crippen LogP contribution in [-0.4, -0.2) is 62.5 Å². The Labute approximate surface area is 164 Å². The fraction of sp³-hybridized carbons (Fsp3) is 0.400. The van der Waals surface area contributed by atoms with Crippen LogP contribution in [-0.2, 0) is 4.79 Å². The summed E-state index contributed by atoms with van der Waals surface area (Å²) >= 11 is 1.46. The van der Waals surface area contributed by atoms with E-state index in [4.69, 9.17) is 0 Å². The maximum Gasteiger partial charge on any atom is 0.252 e. The van der Waals surface area contributed by atoms with Gasteiger partial charge in [-0.2, -0.15) is 11.3 Å². The van der Waals surface area contributed by atoms with Crippen molar-refractivity contribution in [2.75, 3.05) is 50.7 Å². The van der Waals surface area contributed by atoms with Gasteiger partial charge in [-0.1, -0.05) is 18.2 Å². The maximum absolute atomic E-state index is 11.8. The van der Waals surface area contributed by atoms with Crippen LogP contribution in [0.2, 0.25) is 0 Å². The molecule has 0 radical (unpaired) electrons. The van der Waals surface area contributed by atoms with Gasteiger partial charge in [-0.15, -0.1) is 0 Å². The molecule has 1 saturated heterocycles. The first kappa shape index (κ1) is 19.4. The summed E-state index contributed by atoms with van der Waals surface area (Å²) in [6.07, 6.45) is 0.912. The Morgan fingerprint density at radius 1 is 1.00 bits per heavy atom. The van der Waals surface area contributed by atoms with Crippen LogP contribution in [0.4, 0.5) is 5.69 Å². The molecule has 144 valence electrons. The van der Waals surface area contributed by atoms with Crippen molar-refractivity contribution in [3.63, 3.8) is 0 Å². The lowest BCUT2D eigenvalue weighted by molar-refractivity contribution is -0.120. The van der Waals surface area contributed by atoms with E-state index in [2.05, 4.69) is 44.7 Å². The minimum absolute atomic E-state index is 0.0183. The molecule has 0 unspecified atom stereocenters. The molecule has 2 amide bonds. The van der Waals surface area contributed by atoms with Crippen LogP contribution in [0.3, 0.4) is 0 Å². The molecule has 27 heavy (non-hydrogen) atoms. The largest absolute Gasteiger partial charge is 0.369 e. The maximum atomic E-state index is 11.8. The zero-order chi connectivity index (χ0) is 18.9. The van der Waals surface area contributed by atoms with Crippen molar-refractivity contribution < 1.29 is 9.59 Å². The predicted octanol–water partition coefficient (Wildman–Crippen LogP) is 1.81. The fourth-order valence-corrected chi connectivity index (χ4v) is 3.75. The van der Waals surface area contributed by atoms with Crippen molar-refractivity contribution in [2.24, 2.45) is 0 Å². The monoisotopic (exact) mass is 386 g/mol. The molecule has 7 heteroatoms. The highest BCUT2D eigenvalue weighted by atomic mass is 32.1. The average Bonchev–Trinajstić information content (AvgIpc) is 3.25. The zero-order valence-electron chi connectivity index (χ0n) is 15.4. The molecule has 1 aliphatic rings. The van der Waals surface area contributed by atoms with E-state index < -0.39 is 0 Å². The van der Waals surface area contributed by atoms with E-state index in [1.54, 1.807) is 11.4 Å². The van der Waals surface area contributed by atoms with Crippen LogP contribution in [0.15, 0.2) is 47.2 Å². The Morgan fingerprint density at radius 3 is 2.48 bits per heavy atom. The van der Waals surface area contributed by atoms with E-state index in [0.29, 0.717) is 12.1 Å². The van der Waals surface area contributed by atoms with Crippen molar-refractivity contribution in [2.45, 2.75) is 6.42 Å². The summed E-state index contributed by atoms with van der Waals surface area (Å²) in [7, 11) is 0. The highest BCUT2D eigenvalue weighted by Crippen LogP contribution is 2.15. The molecule has 0 spiro atoms. The lowest BCUT2D eigenvalue weighted by atomic mass is 10.2. The Balaban J connectivity index is 1.25. The van der Waals surface area contributed by atoms with E-state index in [0.717, 1.165) is 39.1 Å². The van der Waals surface area contributed by atoms with E-state index in [1.807, 2.05) is 11.4 Å². The van der Waals surface area contributed by atoms with Crippen molar-refractivity contribution in [1.29, 1.82) is 0 Å². The second-order valence-electron chi connectivity index (χ2n) is 6.56. The van der Waals surface area contributed by atoms with Gasteiger partial charge >= 0.3 is 0 Å². The number of carbonyl (C=O) groups is 2. The first-order valence-corrected chi connectivity index (χ1v) is 10.3. The SMILES string of the molecule is O=C(CNC(=O)c1ccsc1)NCCCN1CCN(c2ccccc2)CC1. The van der Waals surface area contributed by atoms with Crippen molar-refractivity contribution in [1.82, 2.24) is 15.5 Å². The molecule has 1 aromatic carbocycles. The van der Waals surface area contributed by atoms with Gasteiger partial charge in [0.05, 0.1) is 6.54 Å². The summed E-state index contributed by atoms with van der Waals surface area (Å²) in [5.74, 6) is -0.352. The molecule has 6 nitrogen and oxygen atoms in total. The third kappa shape index (κ3) is 6.08. The number of rotatable bonds is 8. The van der Waals surface area contributed by atoms with Gasteiger partial charge in [0.15, 0.2) is 0 Å². The van der Waals surface area contributed by atoms with E-state index in [-0.39, 0.29) is 18.4 Å². The number of anilines is 1. The first-order chi connectivity index (χ1) is 13.2. The molecule has 1 aromatic heterocycles. The summed E-state index contributed by atoms with van der Waals surface area (Å²) in [4.78, 5) is 28.5. The van der Waals surface area contributed by atoms with Gasteiger partial charge in [-0.05, 0) is 36.5 Å². The number of carbonyl (C=O) groups excluding carboxylic acids is 2. The molecule has 2 aromatic rings. The molecule has 2 N–H and O–H groups in total. The van der Waals surface area contributed by atoms with Crippen LogP contribution >= 0.6 is 11.3 Å². The summed E-state index contributed by atoms with van der Waals surface area (Å²) in [6.45, 7) is 5.77. The lowest BCUT2D eigenvalue weighted by Gasteiger charge is -2.36. The molecule has 0 saturated carbocycles. The molecule has 0 atom stereocenters. The van der Waals surface area contributed by atoms with Crippen LogP contribution in [0, 0.1) is 0 Å². The molecule has 0 aliphatic carbocycles. The summed E-state index contributed by atoms with van der Waals surface area (Å²) < 4.78 is 0. The lowest BCUT2D eigenvalue weighted by Crippen LogP contribution is -2.47. The molecule has 1 fully saturated rings. The summed E-state index contributed by atoms with van der Waals surface area (Å²) in [5, 5.41) is 9.12. The van der Waals surface area contributed by atoms with Crippen LogP contribution in [0.5, 0.6) is 0 Å². The van der Waals surface area contributed by atoms with Gasteiger partial charge in [0.25, 0.3) is 5.91 Å². The van der Waals surface area contributed by atoms with Gasteiger partial charge in [0.2, 0.25) is 5.91 Å². The third-order valence-electron chi connectivity index (χ3n) is 4.66. The number of piperazine rings is 1. The number of nitrogens with one attached hydrogen (secondary N) is 2. The van der Waals surface area contributed by atoms with E-state index in [1.165, 1.54) is 17.0 Å². The van der Waals surface area contributed by atoms with Gasteiger partial charge < -0.3 is 15.5 Å². The van der Waals surface area contributed by atoms with Gasteiger partial charge in [-0.3, -0.25) is 14.5 Å². The standard InChI is InChI=1S/C20H26N4O2S/c25-19(15-22-20(26)17-7-14-27-16-17)21-8-4-9-23-10-12-24(13-11-23)18-5-2-1-3-6-18/h1-3,5-7,14,16H,4,8-13,15H2,(H,21,25)(H,22,26). The number of hydrogen-bond acceptors (Lipinski definition) is 5. The number of nitrogens with zero attached hydrogens (tertiary/aromatic N) is 2. The summed E-state index contributed by atoms with van der Waals surface area (Å²) in [5.41, 5.74) is 1.89. The number of hydrogen-bond donors (Lipinski definition) is 2. The Hall–Kier alpha value is -2.38. The zero-order valence-corrected chi connectivity index (χ0v) is 16.2. The van der Waals surface area contributed by atoms with Gasteiger partial charge in [-0.25, -0.2) is 0 Å². The molecule has 2 heterocycles. The van der Waals surface area contributed by atoms with Crippen LogP contribution in [0.1, 0.15) is 16.8 Å². The average molecular weight is 387 g/mol. The Kier molecular flexibility index (Phi) is 7.24. The second kappa shape index (κ2) is 10.1. The molecular weight excluding hydrogens is 360 g/mol. The number of thiophene rings is 1. The Morgan fingerprint density at radius 2 is 1.78 bits per heavy atom. The van der Waals surface area contributed by atoms with Crippen LogP contribution in [0.25, 0.3) is 0 Å². The third-order valence-corrected chi connectivity index (χ3v) is 5.34. The number of para-hydroxylation sites is 1. The topological polar surface area (TPSA) is 64.7 Å². The van der Waals surface area contributed by atoms with Gasteiger partial charge in [0.1, 0.15) is 0 Å². The van der Waals surface area contributed by atoms with Crippen molar-refractivity contribution >= 4 is 28.8 Å². The second-order valence-corrected chi connectivity index (χ2v) is 7.34. The van der Waals surface area contributed by atoms with Crippen LogP contribution < -0.4 is 15.5 Å². The highest BCUT2D eigenvalue weighted by Gasteiger charge is 2.16. The first-order valence-electron chi connectivity index (χ1n) is 9.32. The van der Waals surface area contributed by atoms with E-state index >= 15 is 0 Å². The summed E-state index contributed by atoms with van der Waals surface area (Å²) in [6, 6.07) is 12.3. The number of benzene rings is 1. The quantitative estimate of drug-likeness (QED) is 0.679. The van der Waals surface area contributed by atoms with E-state index in [9.17, 15) is 9.59 Å². The molecule has 0 bridgehead atoms. The minimum atomic E-state index is -0.206. The highest BCUT2D eigenvalue weighted by molar-refractivity contribution is 7.08. The number of amides is 2. The smallest absolute Gasteiger partial charge is 0.252 e. The normalized spacial score (nSPS) is 14.7. The van der Waals surface area contributed by atoms with Gasteiger partial charge in [0, 0.05) is 49.4 Å². The Bertz CT molecular complexity index is 713. The molecular formula is C20H26N4O2S. The fourth-order valence-electron chi connectivity index (χ4n) is 3.12. The van der Waals surface area contributed by atoms with Crippen molar-refractivity contribution in [3.05, 3.63) is 52.7 Å². The molecule has 1 aliphatic heterocycles. The minimum Gasteiger partial charge on any atom is -0.369 e. The molecule has 3 rings (SSSR count). The van der Waals surface area contributed by atoms with Crippen molar-refractivity contribution in [3.8, 4) is 0 Å². The predicted molar refractivity (Wildman–Crippen MR) is 109 cm³/mol.